The molecule has 0 aliphatic carbocycles. The van der Waals surface area contributed by atoms with Crippen LogP contribution >= 0.6 is 0 Å². The van der Waals surface area contributed by atoms with Crippen molar-refractivity contribution in [3.8, 4) is 0 Å². The fourth-order valence-corrected chi connectivity index (χ4v) is 3.28. The van der Waals surface area contributed by atoms with Crippen LogP contribution in [0.4, 0.5) is 0 Å². The predicted molar refractivity (Wildman–Crippen MR) is 79.6 cm³/mol. The second-order valence-electron chi connectivity index (χ2n) is 5.95. The van der Waals surface area contributed by atoms with Crippen LogP contribution in [0, 0.1) is 0 Å². The zero-order valence-corrected chi connectivity index (χ0v) is 11.9. The average Bonchev–Trinajstić information content (AvgIpc) is 2.46. The van der Waals surface area contributed by atoms with Crippen LogP contribution in [0.2, 0.25) is 0 Å². The lowest BCUT2D eigenvalue weighted by Crippen LogP contribution is -2.51. The molecule has 2 aromatic heterocycles. The Bertz CT molecular complexity index is 700. The third-order valence-corrected chi connectivity index (χ3v) is 4.68. The number of likely N-dealkylation sites (tertiary alicyclic amines) is 1. The highest BCUT2D eigenvalue weighted by atomic mass is 16.5. The molecule has 4 rings (SSSR count). The third-order valence-electron chi connectivity index (χ3n) is 4.68. The SMILES string of the molecule is O=c1cc(C2CCN(C3COC3)CC2)nc2ccccn12. The van der Waals surface area contributed by atoms with Crippen molar-refractivity contribution in [1.82, 2.24) is 14.3 Å². The Kier molecular flexibility index (Phi) is 3.24. The molecule has 0 bridgehead atoms. The largest absolute Gasteiger partial charge is 0.378 e. The number of rotatable bonds is 2. The van der Waals surface area contributed by atoms with Crippen LogP contribution in [0.5, 0.6) is 0 Å². The quantitative estimate of drug-likeness (QED) is 0.834. The van der Waals surface area contributed by atoms with Crippen molar-refractivity contribution in [2.75, 3.05) is 26.3 Å². The summed E-state index contributed by atoms with van der Waals surface area (Å²) in [5, 5.41) is 0. The molecule has 2 saturated heterocycles. The number of nitrogens with zero attached hydrogens (tertiary/aromatic N) is 3. The fourth-order valence-electron chi connectivity index (χ4n) is 3.28. The van der Waals surface area contributed by atoms with Gasteiger partial charge in [-0.05, 0) is 38.1 Å². The first-order chi connectivity index (χ1) is 10.3. The number of aromatic nitrogens is 2. The molecular weight excluding hydrogens is 266 g/mol. The maximum atomic E-state index is 12.2. The maximum absolute atomic E-state index is 12.2. The van der Waals surface area contributed by atoms with E-state index in [4.69, 9.17) is 4.74 Å². The smallest absolute Gasteiger partial charge is 0.258 e. The Morgan fingerprint density at radius 1 is 1.19 bits per heavy atom. The van der Waals surface area contributed by atoms with Crippen LogP contribution in [0.25, 0.3) is 5.65 Å². The van der Waals surface area contributed by atoms with Gasteiger partial charge >= 0.3 is 0 Å². The molecule has 2 aliphatic heterocycles. The van der Waals surface area contributed by atoms with Crippen LogP contribution in [0.1, 0.15) is 24.5 Å². The van der Waals surface area contributed by atoms with Gasteiger partial charge < -0.3 is 4.74 Å². The summed E-state index contributed by atoms with van der Waals surface area (Å²) in [6.07, 6.45) is 3.92. The van der Waals surface area contributed by atoms with Gasteiger partial charge in [0.05, 0.1) is 24.9 Å². The van der Waals surface area contributed by atoms with Crippen molar-refractivity contribution in [2.45, 2.75) is 24.8 Å². The van der Waals surface area contributed by atoms with Gasteiger partial charge in [-0.3, -0.25) is 14.1 Å². The molecule has 0 radical (unpaired) electrons. The first-order valence-electron chi connectivity index (χ1n) is 7.61. The van der Waals surface area contributed by atoms with E-state index in [1.807, 2.05) is 18.2 Å². The highest BCUT2D eigenvalue weighted by molar-refractivity contribution is 5.38. The molecule has 2 fully saturated rings. The molecule has 2 aromatic rings. The normalized spacial score (nSPS) is 21.5. The standard InChI is InChI=1S/C16H19N3O2/c20-16-9-14(17-15-3-1-2-6-19(15)16)12-4-7-18(8-5-12)13-10-21-11-13/h1-3,6,9,12-13H,4-5,7-8,10-11H2. The molecule has 0 amide bonds. The molecule has 110 valence electrons. The Hall–Kier alpha value is -1.72. The number of fused-ring (bicyclic) bond motifs is 1. The van der Waals surface area contributed by atoms with Crippen molar-refractivity contribution < 1.29 is 4.74 Å². The molecule has 0 N–H and O–H groups in total. The minimum Gasteiger partial charge on any atom is -0.378 e. The van der Waals surface area contributed by atoms with E-state index in [2.05, 4.69) is 9.88 Å². The highest BCUT2D eigenvalue weighted by Gasteiger charge is 2.30. The van der Waals surface area contributed by atoms with E-state index >= 15 is 0 Å². The van der Waals surface area contributed by atoms with Crippen molar-refractivity contribution >= 4 is 5.65 Å². The highest BCUT2D eigenvalue weighted by Crippen LogP contribution is 2.28. The Labute approximate surface area is 123 Å². The summed E-state index contributed by atoms with van der Waals surface area (Å²) in [5.74, 6) is 0.403. The van der Waals surface area contributed by atoms with E-state index in [-0.39, 0.29) is 5.56 Å². The van der Waals surface area contributed by atoms with Gasteiger partial charge in [0, 0.05) is 18.2 Å². The van der Waals surface area contributed by atoms with E-state index in [9.17, 15) is 4.79 Å². The summed E-state index contributed by atoms with van der Waals surface area (Å²) in [6, 6.07) is 7.99. The van der Waals surface area contributed by atoms with Crippen LogP contribution in [0.15, 0.2) is 35.3 Å². The summed E-state index contributed by atoms with van der Waals surface area (Å²) in [6.45, 7) is 3.91. The van der Waals surface area contributed by atoms with Crippen molar-refractivity contribution in [2.24, 2.45) is 0 Å². The second-order valence-corrected chi connectivity index (χ2v) is 5.95. The number of hydrogen-bond acceptors (Lipinski definition) is 4. The lowest BCUT2D eigenvalue weighted by Gasteiger charge is -2.41. The number of hydrogen-bond donors (Lipinski definition) is 0. The van der Waals surface area contributed by atoms with Crippen LogP contribution < -0.4 is 5.56 Å². The summed E-state index contributed by atoms with van der Waals surface area (Å²) >= 11 is 0. The molecule has 0 unspecified atom stereocenters. The average molecular weight is 285 g/mol. The van der Waals surface area contributed by atoms with E-state index in [1.165, 1.54) is 0 Å². The Balaban J connectivity index is 1.55. The van der Waals surface area contributed by atoms with Gasteiger partial charge in [-0.1, -0.05) is 6.07 Å². The van der Waals surface area contributed by atoms with Gasteiger partial charge in [-0.25, -0.2) is 4.98 Å². The second kappa shape index (κ2) is 5.24. The molecule has 0 aromatic carbocycles. The molecule has 0 saturated carbocycles. The summed E-state index contributed by atoms with van der Waals surface area (Å²) in [4.78, 5) is 19.4. The molecule has 0 spiro atoms. The zero-order valence-electron chi connectivity index (χ0n) is 11.9. The van der Waals surface area contributed by atoms with Gasteiger partial charge in [0.15, 0.2) is 0 Å². The number of ether oxygens (including phenoxy) is 1. The van der Waals surface area contributed by atoms with Crippen molar-refractivity contribution in [3.63, 3.8) is 0 Å². The minimum absolute atomic E-state index is 0.0189. The lowest BCUT2D eigenvalue weighted by molar-refractivity contribution is -0.0713. The van der Waals surface area contributed by atoms with E-state index in [0.29, 0.717) is 12.0 Å². The van der Waals surface area contributed by atoms with E-state index in [0.717, 1.165) is 50.5 Å². The van der Waals surface area contributed by atoms with Gasteiger partial charge in [-0.2, -0.15) is 0 Å². The van der Waals surface area contributed by atoms with Crippen LogP contribution in [0.3, 0.4) is 0 Å². The fraction of sp³-hybridized carbons (Fsp3) is 0.500. The monoisotopic (exact) mass is 285 g/mol. The molecule has 2 aliphatic rings. The summed E-state index contributed by atoms with van der Waals surface area (Å²) in [5.41, 5.74) is 1.72. The molecule has 0 atom stereocenters. The molecule has 5 heteroatoms. The molecule has 4 heterocycles. The molecular formula is C16H19N3O2. The van der Waals surface area contributed by atoms with E-state index in [1.54, 1.807) is 16.7 Å². The summed E-state index contributed by atoms with van der Waals surface area (Å²) in [7, 11) is 0. The molecule has 21 heavy (non-hydrogen) atoms. The predicted octanol–water partition coefficient (Wildman–Crippen LogP) is 1.27. The minimum atomic E-state index is 0.0189. The number of pyridine rings is 1. The first kappa shape index (κ1) is 13.0. The van der Waals surface area contributed by atoms with Crippen molar-refractivity contribution in [1.29, 1.82) is 0 Å². The molecule has 5 nitrogen and oxygen atoms in total. The van der Waals surface area contributed by atoms with Gasteiger partial charge in [0.2, 0.25) is 0 Å². The van der Waals surface area contributed by atoms with Gasteiger partial charge in [-0.15, -0.1) is 0 Å². The Morgan fingerprint density at radius 3 is 2.71 bits per heavy atom. The van der Waals surface area contributed by atoms with E-state index < -0.39 is 0 Å². The first-order valence-corrected chi connectivity index (χ1v) is 7.61. The van der Waals surface area contributed by atoms with Gasteiger partial charge in [0.1, 0.15) is 5.65 Å². The summed E-state index contributed by atoms with van der Waals surface area (Å²) < 4.78 is 6.87. The maximum Gasteiger partial charge on any atom is 0.258 e. The van der Waals surface area contributed by atoms with Crippen LogP contribution in [-0.2, 0) is 4.74 Å². The topological polar surface area (TPSA) is 46.8 Å². The Morgan fingerprint density at radius 2 is 2.00 bits per heavy atom. The van der Waals surface area contributed by atoms with Crippen LogP contribution in [-0.4, -0.2) is 46.6 Å². The third kappa shape index (κ3) is 2.36. The van der Waals surface area contributed by atoms with Crippen molar-refractivity contribution in [3.05, 3.63) is 46.5 Å². The lowest BCUT2D eigenvalue weighted by atomic mass is 9.92. The zero-order chi connectivity index (χ0) is 14.2. The van der Waals surface area contributed by atoms with Gasteiger partial charge in [0.25, 0.3) is 5.56 Å². The number of piperidine rings is 1.